The van der Waals surface area contributed by atoms with Crippen molar-refractivity contribution in [3.8, 4) is 0 Å². The maximum atomic E-state index is 13.2. The van der Waals surface area contributed by atoms with Gasteiger partial charge in [-0.15, -0.1) is 10.2 Å². The normalized spacial score (nSPS) is 15.7. The number of nitrogens with zero attached hydrogens (tertiary/aromatic N) is 4. The highest BCUT2D eigenvalue weighted by atomic mass is 32.2. The lowest BCUT2D eigenvalue weighted by atomic mass is 10.0. The Balaban J connectivity index is 1.40. The monoisotopic (exact) mass is 477 g/mol. The number of likely N-dealkylation sites (tertiary alicyclic amines) is 1. The van der Waals surface area contributed by atoms with Crippen LogP contribution in [-0.2, 0) is 11.8 Å². The molecule has 2 amide bonds. The Kier molecular flexibility index (Phi) is 7.36. The largest absolute Gasteiger partial charge is 0.328 e. The Bertz CT molecular complexity index is 1170. The number of carbonyl (C=O) groups excluding carboxylic acids is 2. The van der Waals surface area contributed by atoms with Gasteiger partial charge < -0.3 is 14.8 Å². The van der Waals surface area contributed by atoms with Crippen LogP contribution in [0.4, 0.5) is 5.69 Å². The van der Waals surface area contributed by atoms with E-state index < -0.39 is 0 Å². The Morgan fingerprint density at radius 1 is 1.12 bits per heavy atom. The van der Waals surface area contributed by atoms with Gasteiger partial charge in [-0.25, -0.2) is 0 Å². The molecule has 1 aliphatic rings. The van der Waals surface area contributed by atoms with Crippen LogP contribution in [0.15, 0.2) is 53.7 Å². The van der Waals surface area contributed by atoms with Gasteiger partial charge in [-0.2, -0.15) is 0 Å². The van der Waals surface area contributed by atoms with Crippen LogP contribution in [0.1, 0.15) is 66.0 Å². The lowest BCUT2D eigenvalue weighted by molar-refractivity contribution is -0.113. The van der Waals surface area contributed by atoms with Gasteiger partial charge >= 0.3 is 0 Å². The van der Waals surface area contributed by atoms with E-state index in [1.165, 1.54) is 17.3 Å². The van der Waals surface area contributed by atoms with Gasteiger partial charge in [0.1, 0.15) is 0 Å². The number of benzene rings is 2. The van der Waals surface area contributed by atoms with Crippen molar-refractivity contribution < 1.29 is 9.59 Å². The fraction of sp³-hybridized carbons (Fsp3) is 0.385. The predicted molar refractivity (Wildman–Crippen MR) is 135 cm³/mol. The molecule has 1 fully saturated rings. The average molecular weight is 478 g/mol. The van der Waals surface area contributed by atoms with Crippen molar-refractivity contribution in [1.82, 2.24) is 19.7 Å². The third-order valence-corrected chi connectivity index (χ3v) is 7.27. The van der Waals surface area contributed by atoms with E-state index in [0.717, 1.165) is 35.5 Å². The molecule has 1 N–H and O–H groups in total. The summed E-state index contributed by atoms with van der Waals surface area (Å²) in [6.07, 6.45) is 1.77. The minimum atomic E-state index is -0.118. The number of anilines is 1. The van der Waals surface area contributed by atoms with Crippen molar-refractivity contribution in [3.05, 3.63) is 71.0 Å². The molecule has 1 aliphatic heterocycles. The minimum absolute atomic E-state index is 0.0284. The van der Waals surface area contributed by atoms with Gasteiger partial charge in [-0.05, 0) is 55.0 Å². The predicted octanol–water partition coefficient (Wildman–Crippen LogP) is 4.96. The van der Waals surface area contributed by atoms with Gasteiger partial charge in [-0.1, -0.05) is 55.9 Å². The number of hydrogen-bond acceptors (Lipinski definition) is 5. The molecule has 0 radical (unpaired) electrons. The summed E-state index contributed by atoms with van der Waals surface area (Å²) in [5.74, 6) is 1.37. The number of amides is 2. The van der Waals surface area contributed by atoms with Crippen molar-refractivity contribution in [1.29, 1.82) is 0 Å². The van der Waals surface area contributed by atoms with Crippen LogP contribution in [0, 0.1) is 6.92 Å². The molecule has 178 valence electrons. The minimum Gasteiger partial charge on any atom is -0.328 e. The summed E-state index contributed by atoms with van der Waals surface area (Å²) in [4.78, 5) is 27.6. The first-order valence-corrected chi connectivity index (χ1v) is 12.6. The first kappa shape index (κ1) is 24.0. The van der Waals surface area contributed by atoms with Gasteiger partial charge in [-0.3, -0.25) is 9.59 Å². The lowest BCUT2D eigenvalue weighted by Crippen LogP contribution is -2.32. The van der Waals surface area contributed by atoms with Crippen molar-refractivity contribution >= 4 is 29.3 Å². The van der Waals surface area contributed by atoms with Crippen molar-refractivity contribution in [3.63, 3.8) is 0 Å². The summed E-state index contributed by atoms with van der Waals surface area (Å²) in [5, 5.41) is 12.3. The zero-order valence-electron chi connectivity index (χ0n) is 20.1. The van der Waals surface area contributed by atoms with Crippen molar-refractivity contribution in [2.75, 3.05) is 17.6 Å². The second kappa shape index (κ2) is 10.4. The highest BCUT2D eigenvalue weighted by Gasteiger charge is 2.34. The Morgan fingerprint density at radius 2 is 1.85 bits per heavy atom. The molecule has 0 aliphatic carbocycles. The maximum absolute atomic E-state index is 13.2. The summed E-state index contributed by atoms with van der Waals surface area (Å²) < 4.78 is 1.91. The SMILES string of the molecule is Cc1ccccc1C(=O)N1CCCC1c1nnc(SCC(=O)Nc2ccc(C(C)C)cc2)n1C. The zero-order valence-corrected chi connectivity index (χ0v) is 20.9. The number of hydrogen-bond donors (Lipinski definition) is 1. The van der Waals surface area contributed by atoms with E-state index in [0.29, 0.717) is 17.6 Å². The summed E-state index contributed by atoms with van der Waals surface area (Å²) in [7, 11) is 1.90. The molecular weight excluding hydrogens is 446 g/mol. The van der Waals surface area contributed by atoms with E-state index in [9.17, 15) is 9.59 Å². The molecule has 1 aromatic heterocycles. The summed E-state index contributed by atoms with van der Waals surface area (Å²) in [5.41, 5.74) is 3.72. The number of rotatable bonds is 7. The standard InChI is InChI=1S/C26H31N5O2S/c1-17(2)19-11-13-20(14-12-19)27-23(32)16-34-26-29-28-24(30(26)4)22-10-7-15-31(22)25(33)21-9-6-5-8-18(21)3/h5-6,8-9,11-14,17,22H,7,10,15-16H2,1-4H3,(H,27,32). The number of thioether (sulfide) groups is 1. The highest BCUT2D eigenvalue weighted by molar-refractivity contribution is 7.99. The topological polar surface area (TPSA) is 80.1 Å². The fourth-order valence-corrected chi connectivity index (χ4v) is 4.98. The van der Waals surface area contributed by atoms with Crippen LogP contribution in [0.3, 0.4) is 0 Å². The van der Waals surface area contributed by atoms with Crippen LogP contribution in [0.2, 0.25) is 0 Å². The second-order valence-corrected chi connectivity index (χ2v) is 9.93. The van der Waals surface area contributed by atoms with E-state index in [-0.39, 0.29) is 23.6 Å². The molecule has 2 heterocycles. The van der Waals surface area contributed by atoms with Crippen molar-refractivity contribution in [2.45, 2.75) is 50.7 Å². The molecule has 3 aromatic rings. The number of nitrogens with one attached hydrogen (secondary N) is 1. The van der Waals surface area contributed by atoms with Crippen LogP contribution < -0.4 is 5.32 Å². The smallest absolute Gasteiger partial charge is 0.254 e. The second-order valence-electron chi connectivity index (χ2n) is 8.98. The molecule has 0 bridgehead atoms. The molecule has 4 rings (SSSR count). The average Bonchev–Trinajstić information content (AvgIpc) is 3.44. The van der Waals surface area contributed by atoms with Crippen LogP contribution in [0.25, 0.3) is 0 Å². The molecule has 0 saturated carbocycles. The third-order valence-electron chi connectivity index (χ3n) is 6.25. The van der Waals surface area contributed by atoms with E-state index in [1.807, 2.05) is 72.0 Å². The zero-order chi connectivity index (χ0) is 24.2. The molecule has 8 heteroatoms. The molecular formula is C26H31N5O2S. The number of carbonyl (C=O) groups is 2. The Hall–Kier alpha value is -3.13. The third kappa shape index (κ3) is 5.17. The number of aryl methyl sites for hydroxylation is 1. The first-order valence-electron chi connectivity index (χ1n) is 11.6. The molecule has 1 saturated heterocycles. The van der Waals surface area contributed by atoms with Crippen LogP contribution in [-0.4, -0.2) is 43.8 Å². The van der Waals surface area contributed by atoms with Gasteiger partial charge in [0.25, 0.3) is 5.91 Å². The maximum Gasteiger partial charge on any atom is 0.254 e. The fourth-order valence-electron chi connectivity index (χ4n) is 4.27. The summed E-state index contributed by atoms with van der Waals surface area (Å²) in [6, 6.07) is 15.5. The van der Waals surface area contributed by atoms with Gasteiger partial charge in [0.2, 0.25) is 5.91 Å². The van der Waals surface area contributed by atoms with Gasteiger partial charge in [0.05, 0.1) is 11.8 Å². The van der Waals surface area contributed by atoms with Crippen molar-refractivity contribution in [2.24, 2.45) is 7.05 Å². The Labute approximate surface area is 205 Å². The number of aromatic nitrogens is 3. The van der Waals surface area contributed by atoms with E-state index in [4.69, 9.17) is 0 Å². The van der Waals surface area contributed by atoms with Crippen LogP contribution >= 0.6 is 11.8 Å². The quantitative estimate of drug-likeness (QED) is 0.487. The van der Waals surface area contributed by atoms with E-state index in [2.05, 4.69) is 29.4 Å². The lowest BCUT2D eigenvalue weighted by Gasteiger charge is -2.24. The van der Waals surface area contributed by atoms with Gasteiger partial charge in [0.15, 0.2) is 11.0 Å². The molecule has 1 unspecified atom stereocenters. The highest BCUT2D eigenvalue weighted by Crippen LogP contribution is 2.33. The Morgan fingerprint density at radius 3 is 2.56 bits per heavy atom. The first-order chi connectivity index (χ1) is 16.3. The molecule has 0 spiro atoms. The molecule has 7 nitrogen and oxygen atoms in total. The molecule has 34 heavy (non-hydrogen) atoms. The molecule has 2 aromatic carbocycles. The van der Waals surface area contributed by atoms with Crippen LogP contribution in [0.5, 0.6) is 0 Å². The summed E-state index contributed by atoms with van der Waals surface area (Å²) in [6.45, 7) is 6.94. The van der Waals surface area contributed by atoms with Gasteiger partial charge in [0, 0.05) is 24.8 Å². The molecule has 1 atom stereocenters. The van der Waals surface area contributed by atoms with E-state index >= 15 is 0 Å². The summed E-state index contributed by atoms with van der Waals surface area (Å²) >= 11 is 1.34. The van der Waals surface area contributed by atoms with E-state index in [1.54, 1.807) is 0 Å².